The molecule has 0 saturated carbocycles. The zero-order valence-corrected chi connectivity index (χ0v) is 20.4. The molecule has 182 valence electrons. The number of aliphatic hydroxyl groups excluding tert-OH is 1. The number of esters is 1. The molecule has 6 atom stereocenters. The Hall–Kier alpha value is -2.49. The minimum atomic E-state index is -1.18. The number of hydrogen-bond acceptors (Lipinski definition) is 6. The Labute approximate surface area is 207 Å². The fourth-order valence-electron chi connectivity index (χ4n) is 5.63. The van der Waals surface area contributed by atoms with Crippen molar-refractivity contribution in [1.82, 2.24) is 9.80 Å². The third-order valence-electron chi connectivity index (χ3n) is 6.86. The lowest BCUT2D eigenvalue weighted by atomic mass is 9.70. The fourth-order valence-corrected chi connectivity index (χ4v) is 6.57. The smallest absolute Gasteiger partial charge is 0.312 e. The predicted molar refractivity (Wildman–Crippen MR) is 128 cm³/mol. The molecule has 3 saturated heterocycles. The average Bonchev–Trinajstić information content (AvgIpc) is 3.41. The number of rotatable bonds is 10. The molecule has 3 fully saturated rings. The van der Waals surface area contributed by atoms with Crippen molar-refractivity contribution in [3.63, 3.8) is 0 Å². The van der Waals surface area contributed by atoms with Gasteiger partial charge >= 0.3 is 5.97 Å². The molecule has 1 N–H and O–H groups in total. The van der Waals surface area contributed by atoms with Gasteiger partial charge in [-0.05, 0) is 12.0 Å². The van der Waals surface area contributed by atoms with E-state index in [2.05, 4.69) is 29.1 Å². The highest BCUT2D eigenvalue weighted by atomic mass is 79.9. The van der Waals surface area contributed by atoms with Gasteiger partial charge in [0.2, 0.25) is 11.8 Å². The molecule has 0 aromatic heterocycles. The van der Waals surface area contributed by atoms with Gasteiger partial charge in [-0.2, -0.15) is 0 Å². The van der Waals surface area contributed by atoms with Gasteiger partial charge < -0.3 is 24.4 Å². The topological polar surface area (TPSA) is 96.4 Å². The molecule has 1 spiro atoms. The summed E-state index contributed by atoms with van der Waals surface area (Å²) in [5.41, 5.74) is -0.249. The van der Waals surface area contributed by atoms with Crippen LogP contribution in [-0.4, -0.2) is 81.6 Å². The highest BCUT2D eigenvalue weighted by Gasteiger charge is 2.77. The van der Waals surface area contributed by atoms with Crippen molar-refractivity contribution >= 4 is 33.7 Å². The van der Waals surface area contributed by atoms with E-state index in [0.29, 0.717) is 13.0 Å². The van der Waals surface area contributed by atoms with Gasteiger partial charge in [0.25, 0.3) is 0 Å². The van der Waals surface area contributed by atoms with Crippen LogP contribution in [0.2, 0.25) is 0 Å². The van der Waals surface area contributed by atoms with Gasteiger partial charge in [0, 0.05) is 24.5 Å². The summed E-state index contributed by atoms with van der Waals surface area (Å²) in [6.45, 7) is 7.64. The Morgan fingerprint density at radius 3 is 2.68 bits per heavy atom. The number of amides is 2. The van der Waals surface area contributed by atoms with Gasteiger partial charge in [0.15, 0.2) is 0 Å². The summed E-state index contributed by atoms with van der Waals surface area (Å²) in [6, 6.07) is 8.57. The number of carbonyl (C=O) groups excluding carboxylic acids is 3. The molecule has 34 heavy (non-hydrogen) atoms. The number of benzene rings is 1. The quantitative estimate of drug-likeness (QED) is 0.279. The number of halogens is 1. The number of carbonyl (C=O) groups is 3. The van der Waals surface area contributed by atoms with Crippen molar-refractivity contribution in [2.75, 3.05) is 26.3 Å². The summed E-state index contributed by atoms with van der Waals surface area (Å²) in [6.07, 6.45) is 2.91. The summed E-state index contributed by atoms with van der Waals surface area (Å²) in [5.74, 6) is -2.90. The van der Waals surface area contributed by atoms with Crippen LogP contribution in [0, 0.1) is 11.8 Å². The highest BCUT2D eigenvalue weighted by Crippen LogP contribution is 2.60. The number of nitrogens with zero attached hydrogens (tertiary/aromatic N) is 2. The lowest BCUT2D eigenvalue weighted by Crippen LogP contribution is -2.56. The lowest BCUT2D eigenvalue weighted by Gasteiger charge is -2.37. The normalized spacial score (nSPS) is 31.3. The van der Waals surface area contributed by atoms with Crippen LogP contribution in [0.25, 0.3) is 0 Å². The molecule has 0 radical (unpaired) electrons. The monoisotopic (exact) mass is 532 g/mol. The maximum atomic E-state index is 14.0. The third kappa shape index (κ3) is 3.99. The van der Waals surface area contributed by atoms with E-state index in [9.17, 15) is 19.5 Å². The summed E-state index contributed by atoms with van der Waals surface area (Å²) < 4.78 is 11.7. The van der Waals surface area contributed by atoms with Crippen molar-refractivity contribution in [2.45, 2.75) is 35.5 Å². The Morgan fingerprint density at radius 1 is 1.29 bits per heavy atom. The number of alkyl halides is 1. The summed E-state index contributed by atoms with van der Waals surface area (Å²) in [7, 11) is 0. The van der Waals surface area contributed by atoms with E-state index < -0.39 is 35.6 Å². The Morgan fingerprint density at radius 2 is 2.03 bits per heavy atom. The molecule has 9 heteroatoms. The second-order valence-electron chi connectivity index (χ2n) is 8.83. The molecule has 3 unspecified atom stereocenters. The number of aliphatic hydroxyl groups is 1. The van der Waals surface area contributed by atoms with Crippen LogP contribution in [0.15, 0.2) is 55.6 Å². The van der Waals surface area contributed by atoms with E-state index in [4.69, 9.17) is 9.47 Å². The lowest BCUT2D eigenvalue weighted by molar-refractivity contribution is -0.154. The Balaban J connectivity index is 1.71. The number of hydrogen-bond donors (Lipinski definition) is 1. The Kier molecular flexibility index (Phi) is 7.25. The third-order valence-corrected chi connectivity index (χ3v) is 7.70. The maximum absolute atomic E-state index is 14.0. The first-order valence-electron chi connectivity index (χ1n) is 11.3. The van der Waals surface area contributed by atoms with Gasteiger partial charge in [-0.25, -0.2) is 0 Å². The first kappa shape index (κ1) is 24.6. The van der Waals surface area contributed by atoms with Gasteiger partial charge in [-0.15, -0.1) is 6.58 Å². The van der Waals surface area contributed by atoms with Gasteiger partial charge in [0.05, 0.1) is 24.5 Å². The van der Waals surface area contributed by atoms with Crippen molar-refractivity contribution in [3.05, 3.63) is 61.2 Å². The molecule has 0 aliphatic carbocycles. The fraction of sp³-hybridized carbons (Fsp3) is 0.480. The van der Waals surface area contributed by atoms with Gasteiger partial charge in [-0.1, -0.05) is 65.0 Å². The first-order chi connectivity index (χ1) is 16.4. The largest absolute Gasteiger partial charge is 0.461 e. The van der Waals surface area contributed by atoms with Crippen LogP contribution in [0.3, 0.4) is 0 Å². The van der Waals surface area contributed by atoms with Crippen LogP contribution in [0.1, 0.15) is 12.0 Å². The Bertz CT molecular complexity index is 971. The zero-order valence-electron chi connectivity index (χ0n) is 18.8. The molecular weight excluding hydrogens is 504 g/mol. The van der Waals surface area contributed by atoms with E-state index in [1.165, 1.54) is 11.0 Å². The molecule has 3 aliphatic rings. The van der Waals surface area contributed by atoms with Crippen molar-refractivity contribution in [2.24, 2.45) is 11.8 Å². The van der Waals surface area contributed by atoms with Crippen molar-refractivity contribution < 1.29 is 29.0 Å². The number of ether oxygens (including phenoxy) is 2. The number of β-amino-alcohol motifs (C(OH)–C–C–N with tert-alkyl or cyclic N) is 1. The summed E-state index contributed by atoms with van der Waals surface area (Å²) >= 11 is 3.61. The second kappa shape index (κ2) is 10.0. The second-order valence-corrected chi connectivity index (χ2v) is 10.0. The number of fused-ring (bicyclic) bond motifs is 1. The zero-order chi connectivity index (χ0) is 24.5. The molecule has 4 rings (SSSR count). The maximum Gasteiger partial charge on any atom is 0.312 e. The van der Waals surface area contributed by atoms with E-state index in [0.717, 1.165) is 5.56 Å². The number of likely N-dealkylation sites (tertiary alicyclic amines) is 1. The van der Waals surface area contributed by atoms with Crippen molar-refractivity contribution in [3.8, 4) is 0 Å². The minimum absolute atomic E-state index is 0.0236. The van der Waals surface area contributed by atoms with E-state index in [-0.39, 0.29) is 42.9 Å². The SMILES string of the molecule is C=CCOC(=O)[C@H]1[C@H]2C(=O)N(CCO)C(C(=O)N(CC=C)Cc3ccccc3)C23CC(Br)[C@@H]1O3. The van der Waals surface area contributed by atoms with Gasteiger partial charge in [0.1, 0.15) is 18.2 Å². The minimum Gasteiger partial charge on any atom is -0.461 e. The van der Waals surface area contributed by atoms with Crippen LogP contribution in [0.5, 0.6) is 0 Å². The summed E-state index contributed by atoms with van der Waals surface area (Å²) in [4.78, 5) is 43.4. The van der Waals surface area contributed by atoms with E-state index >= 15 is 0 Å². The van der Waals surface area contributed by atoms with E-state index in [1.807, 2.05) is 30.3 Å². The van der Waals surface area contributed by atoms with E-state index in [1.54, 1.807) is 11.0 Å². The molecule has 2 bridgehead atoms. The molecule has 2 amide bonds. The standard InChI is InChI=1S/C25H29BrN2O6/c1-3-10-27(15-16-8-6-5-7-9-16)23(31)21-25-14-17(26)20(34-25)18(24(32)33-13-4-2)19(25)22(30)28(21)11-12-29/h3-9,17-21,29H,1-2,10-15H2/t17?,18-,19-,20-,21?,25?/m0/s1. The van der Waals surface area contributed by atoms with Crippen LogP contribution < -0.4 is 0 Å². The molecule has 3 heterocycles. The van der Waals surface area contributed by atoms with Gasteiger partial charge in [-0.3, -0.25) is 14.4 Å². The molecule has 1 aromatic rings. The molecule has 8 nitrogen and oxygen atoms in total. The molecule has 1 aromatic carbocycles. The van der Waals surface area contributed by atoms with Crippen LogP contribution >= 0.6 is 15.9 Å². The predicted octanol–water partition coefficient (Wildman–Crippen LogP) is 1.67. The average molecular weight is 533 g/mol. The van der Waals surface area contributed by atoms with Crippen LogP contribution in [0.4, 0.5) is 0 Å². The molecule has 3 aliphatic heterocycles. The van der Waals surface area contributed by atoms with Crippen LogP contribution in [-0.2, 0) is 30.4 Å². The summed E-state index contributed by atoms with van der Waals surface area (Å²) in [5, 5.41) is 9.71. The van der Waals surface area contributed by atoms with Crippen molar-refractivity contribution in [1.29, 1.82) is 0 Å². The first-order valence-corrected chi connectivity index (χ1v) is 12.3. The molecular formula is C25H29BrN2O6. The highest BCUT2D eigenvalue weighted by molar-refractivity contribution is 9.09.